The highest BCUT2D eigenvalue weighted by Gasteiger charge is 2.19. The largest absolute Gasteiger partial charge is 0.480 e. The summed E-state index contributed by atoms with van der Waals surface area (Å²) in [6.45, 7) is 0. The van der Waals surface area contributed by atoms with Crippen molar-refractivity contribution in [2.45, 2.75) is 25.7 Å². The van der Waals surface area contributed by atoms with Crippen LogP contribution >= 0.6 is 0 Å². The number of carboxylic acid groups (broad SMARTS) is 1. The van der Waals surface area contributed by atoms with Crippen molar-refractivity contribution < 1.29 is 18.3 Å². The van der Waals surface area contributed by atoms with E-state index in [2.05, 4.69) is 4.72 Å². The Morgan fingerprint density at radius 2 is 2.00 bits per heavy atom. The van der Waals surface area contributed by atoms with Crippen LogP contribution in [-0.2, 0) is 27.7 Å². The Kier molecular flexibility index (Phi) is 3.56. The molecule has 1 aliphatic carbocycles. The summed E-state index contributed by atoms with van der Waals surface area (Å²) in [5.41, 5.74) is 2.67. The normalized spacial score (nSPS) is 14.9. The number of aliphatic carboxylic acids is 1. The van der Waals surface area contributed by atoms with Crippen LogP contribution in [0.3, 0.4) is 0 Å². The average Bonchev–Trinajstić information content (AvgIpc) is 2.27. The molecule has 5 nitrogen and oxygen atoms in total. The lowest BCUT2D eigenvalue weighted by molar-refractivity contribution is -0.134. The van der Waals surface area contributed by atoms with Crippen molar-refractivity contribution in [3.63, 3.8) is 0 Å². The zero-order valence-electron chi connectivity index (χ0n) is 9.85. The summed E-state index contributed by atoms with van der Waals surface area (Å²) >= 11 is 0. The summed E-state index contributed by atoms with van der Waals surface area (Å²) in [6, 6.07) is 5.47. The third kappa shape index (κ3) is 3.01. The fourth-order valence-corrected chi connectivity index (χ4v) is 3.17. The Morgan fingerprint density at radius 1 is 1.28 bits per heavy atom. The lowest BCUT2D eigenvalue weighted by Gasteiger charge is -2.19. The van der Waals surface area contributed by atoms with E-state index in [-0.39, 0.29) is 0 Å². The number of fused-ring (bicyclic) bond motifs is 1. The molecule has 0 amide bonds. The summed E-state index contributed by atoms with van der Waals surface area (Å²) in [5.74, 6) is -2.26. The predicted octanol–water partition coefficient (Wildman–Crippen LogP) is 1.39. The number of hydrogen-bond donors (Lipinski definition) is 2. The van der Waals surface area contributed by atoms with Crippen molar-refractivity contribution in [3.8, 4) is 0 Å². The zero-order valence-corrected chi connectivity index (χ0v) is 10.7. The molecule has 0 fully saturated rings. The summed E-state index contributed by atoms with van der Waals surface area (Å²) in [7, 11) is -3.82. The Morgan fingerprint density at radius 3 is 2.72 bits per heavy atom. The van der Waals surface area contributed by atoms with Gasteiger partial charge in [0.15, 0.2) is 5.75 Å². The van der Waals surface area contributed by atoms with Gasteiger partial charge < -0.3 is 5.11 Å². The molecule has 0 aromatic heterocycles. The molecular weight excluding hydrogens is 254 g/mol. The second-order valence-corrected chi connectivity index (χ2v) is 6.13. The number of rotatable bonds is 4. The van der Waals surface area contributed by atoms with Crippen LogP contribution in [0.5, 0.6) is 0 Å². The smallest absolute Gasteiger partial charge is 0.320 e. The molecule has 18 heavy (non-hydrogen) atoms. The topological polar surface area (TPSA) is 83.5 Å². The number of hydrogen-bond acceptors (Lipinski definition) is 3. The van der Waals surface area contributed by atoms with Crippen LogP contribution in [0.15, 0.2) is 18.2 Å². The van der Waals surface area contributed by atoms with E-state index in [0.29, 0.717) is 5.69 Å². The van der Waals surface area contributed by atoms with Gasteiger partial charge in [0, 0.05) is 0 Å². The van der Waals surface area contributed by atoms with Crippen molar-refractivity contribution >= 4 is 21.7 Å². The van der Waals surface area contributed by atoms with Gasteiger partial charge in [-0.25, -0.2) is 8.42 Å². The number of aryl methyl sites for hydroxylation is 1. The third-order valence-corrected chi connectivity index (χ3v) is 4.13. The first-order valence-corrected chi connectivity index (χ1v) is 7.46. The van der Waals surface area contributed by atoms with E-state index in [4.69, 9.17) is 5.11 Å². The molecule has 0 saturated carbocycles. The van der Waals surface area contributed by atoms with E-state index in [1.165, 1.54) is 0 Å². The summed E-state index contributed by atoms with van der Waals surface area (Å²) in [4.78, 5) is 10.5. The molecule has 98 valence electrons. The molecule has 6 heteroatoms. The number of anilines is 1. The van der Waals surface area contributed by atoms with Gasteiger partial charge in [0.1, 0.15) is 0 Å². The van der Waals surface area contributed by atoms with Crippen LogP contribution in [0, 0.1) is 0 Å². The first kappa shape index (κ1) is 12.9. The Bertz CT molecular complexity index is 565. The van der Waals surface area contributed by atoms with E-state index in [9.17, 15) is 13.2 Å². The number of nitrogens with one attached hydrogen (secondary N) is 1. The van der Waals surface area contributed by atoms with E-state index in [1.54, 1.807) is 12.1 Å². The van der Waals surface area contributed by atoms with Crippen LogP contribution < -0.4 is 4.72 Å². The Labute approximate surface area is 106 Å². The van der Waals surface area contributed by atoms with E-state index < -0.39 is 21.7 Å². The monoisotopic (exact) mass is 269 g/mol. The van der Waals surface area contributed by atoms with Crippen LogP contribution in [0.1, 0.15) is 24.0 Å². The maximum atomic E-state index is 11.6. The van der Waals surface area contributed by atoms with Crippen molar-refractivity contribution in [1.82, 2.24) is 0 Å². The Balaban J connectivity index is 2.27. The third-order valence-electron chi connectivity index (χ3n) is 2.97. The van der Waals surface area contributed by atoms with E-state index in [0.717, 1.165) is 36.8 Å². The second-order valence-electron chi connectivity index (χ2n) is 4.41. The molecule has 2 rings (SSSR count). The number of carbonyl (C=O) groups is 1. The van der Waals surface area contributed by atoms with Gasteiger partial charge in [-0.05, 0) is 42.9 Å². The predicted molar refractivity (Wildman–Crippen MR) is 68.1 cm³/mol. The van der Waals surface area contributed by atoms with Gasteiger partial charge in [-0.3, -0.25) is 9.52 Å². The first-order valence-electron chi connectivity index (χ1n) is 5.81. The highest BCUT2D eigenvalue weighted by molar-refractivity contribution is 7.93. The maximum absolute atomic E-state index is 11.6. The minimum absolute atomic E-state index is 0.522. The van der Waals surface area contributed by atoms with Crippen LogP contribution in [-0.4, -0.2) is 25.2 Å². The minimum Gasteiger partial charge on any atom is -0.480 e. The van der Waals surface area contributed by atoms with Gasteiger partial charge in [0.2, 0.25) is 10.0 Å². The van der Waals surface area contributed by atoms with Gasteiger partial charge in [-0.15, -0.1) is 0 Å². The van der Waals surface area contributed by atoms with Crippen LogP contribution in [0.4, 0.5) is 5.69 Å². The standard InChI is InChI=1S/C12H15NO4S/c14-12(15)8-18(16,17)13-11-7-3-5-9-4-1-2-6-10(9)11/h3,5,7,13H,1-2,4,6,8H2,(H,14,15). The van der Waals surface area contributed by atoms with Crippen LogP contribution in [0.2, 0.25) is 0 Å². The molecule has 2 N–H and O–H groups in total. The second kappa shape index (κ2) is 4.97. The highest BCUT2D eigenvalue weighted by Crippen LogP contribution is 2.28. The molecule has 0 saturated heterocycles. The minimum atomic E-state index is -3.82. The molecule has 0 unspecified atom stereocenters. The molecule has 0 aliphatic heterocycles. The maximum Gasteiger partial charge on any atom is 0.320 e. The molecule has 0 radical (unpaired) electrons. The SMILES string of the molecule is O=C(O)CS(=O)(=O)Nc1cccc2c1CCCC2. The van der Waals surface area contributed by atoms with Gasteiger partial charge in [-0.1, -0.05) is 12.1 Å². The number of sulfonamides is 1. The lowest BCUT2D eigenvalue weighted by atomic mass is 9.91. The average molecular weight is 269 g/mol. The zero-order chi connectivity index (χ0) is 13.2. The molecule has 0 heterocycles. The van der Waals surface area contributed by atoms with Crippen LogP contribution in [0.25, 0.3) is 0 Å². The fourth-order valence-electron chi connectivity index (χ4n) is 2.24. The summed E-state index contributed by atoms with van der Waals surface area (Å²) < 4.78 is 25.6. The van der Waals surface area contributed by atoms with Gasteiger partial charge in [0.05, 0.1) is 5.69 Å². The van der Waals surface area contributed by atoms with Crippen molar-refractivity contribution in [2.75, 3.05) is 10.5 Å². The van der Waals surface area contributed by atoms with E-state index >= 15 is 0 Å². The van der Waals surface area contributed by atoms with Gasteiger partial charge >= 0.3 is 5.97 Å². The number of carboxylic acids is 1. The molecule has 1 aliphatic rings. The molecule has 1 aromatic rings. The van der Waals surface area contributed by atoms with Crippen molar-refractivity contribution in [3.05, 3.63) is 29.3 Å². The van der Waals surface area contributed by atoms with Gasteiger partial charge in [-0.2, -0.15) is 0 Å². The number of benzene rings is 1. The summed E-state index contributed by atoms with van der Waals surface area (Å²) in [5, 5.41) is 8.55. The molecule has 0 atom stereocenters. The molecular formula is C12H15NO4S. The fraction of sp³-hybridized carbons (Fsp3) is 0.417. The lowest BCUT2D eigenvalue weighted by Crippen LogP contribution is -2.23. The van der Waals surface area contributed by atoms with Gasteiger partial charge in [0.25, 0.3) is 0 Å². The summed E-state index contributed by atoms with van der Waals surface area (Å²) in [6.07, 6.45) is 3.92. The molecule has 0 bridgehead atoms. The molecule has 1 aromatic carbocycles. The first-order chi connectivity index (χ1) is 8.48. The Hall–Kier alpha value is -1.56. The highest BCUT2D eigenvalue weighted by atomic mass is 32.2. The quantitative estimate of drug-likeness (QED) is 0.865. The van der Waals surface area contributed by atoms with E-state index in [1.807, 2.05) is 6.07 Å². The molecule has 0 spiro atoms. The van der Waals surface area contributed by atoms with Crippen molar-refractivity contribution in [2.24, 2.45) is 0 Å². The van der Waals surface area contributed by atoms with Crippen molar-refractivity contribution in [1.29, 1.82) is 0 Å².